The molecule has 2 aromatic rings. The van der Waals surface area contributed by atoms with E-state index in [2.05, 4.69) is 0 Å². The largest absolute Gasteiger partial charge is 0.416 e. The molecule has 0 heterocycles. The fraction of sp³-hybridized carbons (Fsp3) is 0.200. The van der Waals surface area contributed by atoms with Gasteiger partial charge in [0.1, 0.15) is 6.10 Å². The van der Waals surface area contributed by atoms with Crippen LogP contribution in [0.1, 0.15) is 28.4 Å². The number of aliphatic hydroxyl groups is 1. The van der Waals surface area contributed by atoms with Crippen LogP contribution in [0.25, 0.3) is 0 Å². The van der Waals surface area contributed by atoms with Crippen LogP contribution >= 0.6 is 0 Å². The number of hydrogen-bond donors (Lipinski definition) is 1. The third-order valence-corrected chi connectivity index (χ3v) is 3.11. The van der Waals surface area contributed by atoms with Gasteiger partial charge in [0.25, 0.3) is 0 Å². The molecule has 0 aromatic heterocycles. The normalized spacial score (nSPS) is 14.0. The second-order valence-electron chi connectivity index (χ2n) is 4.61. The summed E-state index contributed by atoms with van der Waals surface area (Å²) in [5.74, 6) is 0. The van der Waals surface area contributed by atoms with Gasteiger partial charge in [-0.15, -0.1) is 0 Å². The van der Waals surface area contributed by atoms with Crippen LogP contribution < -0.4 is 0 Å². The van der Waals surface area contributed by atoms with Gasteiger partial charge in [-0.25, -0.2) is 0 Å². The van der Waals surface area contributed by atoms with Gasteiger partial charge in [-0.1, -0.05) is 30.3 Å². The maximum Gasteiger partial charge on any atom is 0.416 e. The van der Waals surface area contributed by atoms with E-state index >= 15 is 0 Å². The van der Waals surface area contributed by atoms with E-state index in [4.69, 9.17) is 0 Å². The first-order chi connectivity index (χ1) is 10.1. The molecular formula is C15H10F6O. The van der Waals surface area contributed by atoms with Crippen molar-refractivity contribution in [3.05, 3.63) is 70.8 Å². The van der Waals surface area contributed by atoms with Crippen LogP contribution in [-0.4, -0.2) is 5.11 Å². The van der Waals surface area contributed by atoms with Gasteiger partial charge in [0.15, 0.2) is 0 Å². The van der Waals surface area contributed by atoms with E-state index in [9.17, 15) is 31.4 Å². The zero-order valence-electron chi connectivity index (χ0n) is 10.9. The highest BCUT2D eigenvalue weighted by molar-refractivity contribution is 5.38. The van der Waals surface area contributed by atoms with Crippen molar-refractivity contribution in [1.82, 2.24) is 0 Å². The van der Waals surface area contributed by atoms with Gasteiger partial charge in [0.05, 0.1) is 11.1 Å². The second kappa shape index (κ2) is 5.64. The quantitative estimate of drug-likeness (QED) is 0.788. The number of alkyl halides is 6. The van der Waals surface area contributed by atoms with Gasteiger partial charge in [-0.3, -0.25) is 0 Å². The van der Waals surface area contributed by atoms with Crippen molar-refractivity contribution in [2.45, 2.75) is 18.5 Å². The van der Waals surface area contributed by atoms with Gasteiger partial charge in [0.2, 0.25) is 0 Å². The monoisotopic (exact) mass is 320 g/mol. The molecule has 118 valence electrons. The molecule has 0 aliphatic rings. The number of benzene rings is 2. The Labute approximate surface area is 121 Å². The Morgan fingerprint density at radius 2 is 1.27 bits per heavy atom. The smallest absolute Gasteiger partial charge is 0.384 e. The van der Waals surface area contributed by atoms with Gasteiger partial charge in [0, 0.05) is 0 Å². The van der Waals surface area contributed by atoms with Crippen LogP contribution in [0, 0.1) is 0 Å². The van der Waals surface area contributed by atoms with E-state index in [0.29, 0.717) is 0 Å². The zero-order chi connectivity index (χ0) is 16.5. The van der Waals surface area contributed by atoms with Crippen LogP contribution in [0.4, 0.5) is 26.3 Å². The van der Waals surface area contributed by atoms with Gasteiger partial charge >= 0.3 is 12.4 Å². The second-order valence-corrected chi connectivity index (χ2v) is 4.61. The lowest BCUT2D eigenvalue weighted by Crippen LogP contribution is -2.13. The van der Waals surface area contributed by atoms with Gasteiger partial charge in [-0.2, -0.15) is 26.3 Å². The molecule has 7 heteroatoms. The van der Waals surface area contributed by atoms with E-state index in [1.807, 2.05) is 0 Å². The molecule has 2 aromatic carbocycles. The maximum absolute atomic E-state index is 12.9. The highest BCUT2D eigenvalue weighted by Gasteiger charge is 2.35. The number of aliphatic hydroxyl groups excluding tert-OH is 1. The molecule has 0 saturated carbocycles. The summed E-state index contributed by atoms with van der Waals surface area (Å²) in [7, 11) is 0. The summed E-state index contributed by atoms with van der Waals surface area (Å²) < 4.78 is 76.0. The SMILES string of the molecule is OC(c1ccc(C(F)(F)F)cc1)c1ccccc1C(F)(F)F. The molecule has 0 fully saturated rings. The molecule has 2 rings (SSSR count). The van der Waals surface area contributed by atoms with Gasteiger partial charge in [-0.05, 0) is 29.3 Å². The average Bonchev–Trinajstić information content (AvgIpc) is 2.45. The molecule has 1 atom stereocenters. The lowest BCUT2D eigenvalue weighted by Gasteiger charge is -2.18. The minimum atomic E-state index is -4.66. The molecule has 0 spiro atoms. The van der Waals surface area contributed by atoms with E-state index in [0.717, 1.165) is 36.4 Å². The van der Waals surface area contributed by atoms with Crippen molar-refractivity contribution < 1.29 is 31.4 Å². The lowest BCUT2D eigenvalue weighted by molar-refractivity contribution is -0.139. The molecule has 1 N–H and O–H groups in total. The molecular weight excluding hydrogens is 310 g/mol. The zero-order valence-corrected chi connectivity index (χ0v) is 10.9. The topological polar surface area (TPSA) is 20.2 Å². The molecule has 22 heavy (non-hydrogen) atoms. The molecule has 1 unspecified atom stereocenters. The Morgan fingerprint density at radius 3 is 1.77 bits per heavy atom. The van der Waals surface area contributed by atoms with Crippen molar-refractivity contribution in [3.8, 4) is 0 Å². The minimum Gasteiger partial charge on any atom is -0.384 e. The van der Waals surface area contributed by atoms with Crippen molar-refractivity contribution in [2.75, 3.05) is 0 Å². The summed E-state index contributed by atoms with van der Waals surface area (Å²) in [6.07, 6.45) is -10.9. The molecule has 0 bridgehead atoms. The summed E-state index contributed by atoms with van der Waals surface area (Å²) >= 11 is 0. The molecule has 0 radical (unpaired) electrons. The van der Waals surface area contributed by atoms with Gasteiger partial charge < -0.3 is 5.11 Å². The van der Waals surface area contributed by atoms with Crippen LogP contribution in [0.2, 0.25) is 0 Å². The molecule has 0 aliphatic carbocycles. The molecule has 1 nitrogen and oxygen atoms in total. The predicted molar refractivity (Wildman–Crippen MR) is 66.9 cm³/mol. The van der Waals surface area contributed by atoms with E-state index in [1.54, 1.807) is 0 Å². The van der Waals surface area contributed by atoms with Crippen molar-refractivity contribution in [1.29, 1.82) is 0 Å². The lowest BCUT2D eigenvalue weighted by atomic mass is 9.96. The van der Waals surface area contributed by atoms with E-state index in [1.165, 1.54) is 12.1 Å². The van der Waals surface area contributed by atoms with Crippen molar-refractivity contribution in [3.63, 3.8) is 0 Å². The van der Waals surface area contributed by atoms with Crippen LogP contribution in [0.5, 0.6) is 0 Å². The first-order valence-corrected chi connectivity index (χ1v) is 6.12. The maximum atomic E-state index is 12.9. The minimum absolute atomic E-state index is 0.0512. The Bertz CT molecular complexity index is 642. The third kappa shape index (κ3) is 3.41. The fourth-order valence-electron chi connectivity index (χ4n) is 2.03. The first-order valence-electron chi connectivity index (χ1n) is 6.12. The Kier molecular flexibility index (Phi) is 4.19. The summed E-state index contributed by atoms with van der Waals surface area (Å²) in [4.78, 5) is 0. The van der Waals surface area contributed by atoms with Crippen LogP contribution in [-0.2, 0) is 12.4 Å². The van der Waals surface area contributed by atoms with Crippen molar-refractivity contribution >= 4 is 0 Å². The predicted octanol–water partition coefficient (Wildman–Crippen LogP) is 4.81. The summed E-state index contributed by atoms with van der Waals surface area (Å²) in [6.45, 7) is 0. The Hall–Kier alpha value is -2.02. The fourth-order valence-corrected chi connectivity index (χ4v) is 2.03. The number of rotatable bonds is 2. The highest BCUT2D eigenvalue weighted by atomic mass is 19.4. The van der Waals surface area contributed by atoms with E-state index < -0.39 is 35.1 Å². The van der Waals surface area contributed by atoms with Crippen LogP contribution in [0.15, 0.2) is 48.5 Å². The Balaban J connectivity index is 2.39. The summed E-state index contributed by atoms with van der Waals surface area (Å²) in [5.41, 5.74) is -2.42. The van der Waals surface area contributed by atoms with Crippen LogP contribution in [0.3, 0.4) is 0 Å². The molecule has 0 aliphatic heterocycles. The number of halogens is 6. The first kappa shape index (κ1) is 16.4. The van der Waals surface area contributed by atoms with E-state index in [-0.39, 0.29) is 5.56 Å². The average molecular weight is 320 g/mol. The Morgan fingerprint density at radius 1 is 0.727 bits per heavy atom. The third-order valence-electron chi connectivity index (χ3n) is 3.11. The standard InChI is InChI=1S/C15H10F6O/c16-14(17,18)10-7-5-9(6-8-10)13(22)11-3-1-2-4-12(11)15(19,20)21/h1-8,13,22H. The summed E-state index contributed by atoms with van der Waals surface area (Å²) in [5, 5.41) is 10.0. The molecule has 0 saturated heterocycles. The molecule has 0 amide bonds. The highest BCUT2D eigenvalue weighted by Crippen LogP contribution is 2.37. The number of hydrogen-bond acceptors (Lipinski definition) is 1. The summed E-state index contributed by atoms with van der Waals surface area (Å²) in [6, 6.07) is 7.74. The van der Waals surface area contributed by atoms with Crippen molar-refractivity contribution in [2.24, 2.45) is 0 Å².